The summed E-state index contributed by atoms with van der Waals surface area (Å²) in [4.78, 5) is 29.3. The van der Waals surface area contributed by atoms with Crippen LogP contribution in [0.25, 0.3) is 0 Å². The molecule has 0 bridgehead atoms. The van der Waals surface area contributed by atoms with Crippen molar-refractivity contribution in [2.24, 2.45) is 0 Å². The Morgan fingerprint density at radius 1 is 0.778 bits per heavy atom. The number of carbonyl (C=O) groups excluding carboxylic acids is 1. The molecule has 1 aliphatic heterocycles. The highest BCUT2D eigenvalue weighted by Crippen LogP contribution is 2.30. The minimum Gasteiger partial charge on any atom is -0.355 e. The summed E-state index contributed by atoms with van der Waals surface area (Å²) < 4.78 is 0. The predicted molar refractivity (Wildman–Crippen MR) is 184 cm³/mol. The molecule has 0 N–H and O–H groups in total. The smallest absolute Gasteiger partial charge is 0.253 e. The number of aromatic nitrogens is 2. The Labute approximate surface area is 274 Å². The third-order valence-electron chi connectivity index (χ3n) is 8.05. The fourth-order valence-electron chi connectivity index (χ4n) is 5.78. The number of hydrogen-bond acceptors (Lipinski definition) is 6. The average Bonchev–Trinajstić information content (AvgIpc) is 3.09. The summed E-state index contributed by atoms with van der Waals surface area (Å²) in [5.41, 5.74) is 5.48. The Bertz CT molecular complexity index is 1660. The predicted octanol–water partition coefficient (Wildman–Crippen LogP) is 7.61. The molecular weight excluding hydrogens is 598 g/mol. The van der Waals surface area contributed by atoms with Crippen molar-refractivity contribution in [1.29, 1.82) is 0 Å². The number of benzene rings is 4. The molecule has 0 spiro atoms. The lowest BCUT2D eigenvalue weighted by atomic mass is 9.96. The van der Waals surface area contributed by atoms with Crippen molar-refractivity contribution >= 4 is 35.1 Å². The number of amides is 1. The first-order valence-corrected chi connectivity index (χ1v) is 16.5. The molecule has 2 heterocycles. The van der Waals surface area contributed by atoms with Crippen molar-refractivity contribution in [3.05, 3.63) is 154 Å². The summed E-state index contributed by atoms with van der Waals surface area (Å²) in [6, 6.07) is 41.4. The maximum Gasteiger partial charge on any atom is 0.253 e. The highest BCUT2D eigenvalue weighted by atomic mass is 35.5. The van der Waals surface area contributed by atoms with Gasteiger partial charge in [0.15, 0.2) is 5.16 Å². The van der Waals surface area contributed by atoms with Crippen LogP contribution in [0.15, 0.2) is 126 Å². The standard InChI is InChI=1S/C37H36ClN5OS/c1-41(26-28-12-5-2-6-13-28)34-25-33(38)39-37(40-34)45-27-29-14-11-19-32(24-29)36(44)43-22-20-42(21-23-43)35(30-15-7-3-8-16-30)31-17-9-4-10-18-31/h2-19,24-25,35H,20-23,26-27H2,1H3. The van der Waals surface area contributed by atoms with Gasteiger partial charge in [-0.2, -0.15) is 0 Å². The van der Waals surface area contributed by atoms with Gasteiger partial charge in [0.2, 0.25) is 0 Å². The van der Waals surface area contributed by atoms with Crippen molar-refractivity contribution in [2.45, 2.75) is 23.5 Å². The number of nitrogens with zero attached hydrogens (tertiary/aromatic N) is 5. The molecule has 0 aliphatic carbocycles. The van der Waals surface area contributed by atoms with E-state index in [0.29, 0.717) is 34.7 Å². The second-order valence-electron chi connectivity index (χ2n) is 11.2. The summed E-state index contributed by atoms with van der Waals surface area (Å²) in [5, 5.41) is 1.02. The van der Waals surface area contributed by atoms with Gasteiger partial charge in [0.1, 0.15) is 11.0 Å². The maximum absolute atomic E-state index is 13.6. The number of piperazine rings is 1. The third kappa shape index (κ3) is 7.92. The maximum atomic E-state index is 13.6. The van der Waals surface area contributed by atoms with E-state index >= 15 is 0 Å². The highest BCUT2D eigenvalue weighted by Gasteiger charge is 2.28. The quantitative estimate of drug-likeness (QED) is 0.0897. The molecule has 1 fully saturated rings. The Hall–Kier alpha value is -4.17. The molecule has 6 rings (SSSR count). The van der Waals surface area contributed by atoms with Crippen molar-refractivity contribution in [1.82, 2.24) is 19.8 Å². The van der Waals surface area contributed by atoms with Gasteiger partial charge in [0.25, 0.3) is 5.91 Å². The number of rotatable bonds is 10. The molecule has 0 radical (unpaired) electrons. The summed E-state index contributed by atoms with van der Waals surface area (Å²) in [7, 11) is 2.00. The monoisotopic (exact) mass is 633 g/mol. The first kappa shape index (κ1) is 30.8. The molecule has 0 atom stereocenters. The van der Waals surface area contributed by atoms with Crippen LogP contribution in [0.1, 0.15) is 38.7 Å². The van der Waals surface area contributed by atoms with Crippen LogP contribution in [0.4, 0.5) is 5.82 Å². The molecule has 4 aromatic carbocycles. The van der Waals surface area contributed by atoms with E-state index in [1.165, 1.54) is 28.5 Å². The van der Waals surface area contributed by atoms with Gasteiger partial charge in [-0.05, 0) is 34.4 Å². The molecule has 5 aromatic rings. The number of anilines is 1. The van der Waals surface area contributed by atoms with Crippen molar-refractivity contribution in [3.63, 3.8) is 0 Å². The van der Waals surface area contributed by atoms with Crippen LogP contribution in [-0.2, 0) is 12.3 Å². The van der Waals surface area contributed by atoms with Crippen LogP contribution >= 0.6 is 23.4 Å². The third-order valence-corrected chi connectivity index (χ3v) is 9.17. The van der Waals surface area contributed by atoms with E-state index in [0.717, 1.165) is 31.0 Å². The fourth-order valence-corrected chi connectivity index (χ4v) is 6.80. The molecule has 0 unspecified atom stereocenters. The molecule has 8 heteroatoms. The van der Waals surface area contributed by atoms with E-state index in [4.69, 9.17) is 16.6 Å². The van der Waals surface area contributed by atoms with E-state index in [9.17, 15) is 4.79 Å². The van der Waals surface area contributed by atoms with Crippen LogP contribution in [0.5, 0.6) is 0 Å². The SMILES string of the molecule is CN(Cc1ccccc1)c1cc(Cl)nc(SCc2cccc(C(=O)N3CCN(C(c4ccccc4)c4ccccc4)CC3)c2)n1. The topological polar surface area (TPSA) is 52.6 Å². The second-order valence-corrected chi connectivity index (χ2v) is 12.5. The Balaban J connectivity index is 1.08. The van der Waals surface area contributed by atoms with Crippen LogP contribution in [0.3, 0.4) is 0 Å². The first-order valence-electron chi connectivity index (χ1n) is 15.2. The van der Waals surface area contributed by atoms with Crippen LogP contribution in [0, 0.1) is 0 Å². The number of hydrogen-bond donors (Lipinski definition) is 0. The van der Waals surface area contributed by atoms with Crippen molar-refractivity contribution in [3.8, 4) is 0 Å². The molecule has 1 aliphatic rings. The molecule has 6 nitrogen and oxygen atoms in total. The summed E-state index contributed by atoms with van der Waals surface area (Å²) in [6.07, 6.45) is 0. The molecule has 1 aromatic heterocycles. The van der Waals surface area contributed by atoms with E-state index in [2.05, 4.69) is 87.6 Å². The van der Waals surface area contributed by atoms with Gasteiger partial charge in [-0.3, -0.25) is 9.69 Å². The van der Waals surface area contributed by atoms with E-state index in [1.54, 1.807) is 6.07 Å². The Morgan fingerprint density at radius 3 is 2.02 bits per heavy atom. The first-order chi connectivity index (χ1) is 22.0. The van der Waals surface area contributed by atoms with Crippen molar-refractivity contribution < 1.29 is 4.79 Å². The van der Waals surface area contributed by atoms with Crippen LogP contribution in [0.2, 0.25) is 5.15 Å². The zero-order chi connectivity index (χ0) is 31.0. The van der Waals surface area contributed by atoms with Gasteiger partial charge >= 0.3 is 0 Å². The van der Waals surface area contributed by atoms with Gasteiger partial charge in [0, 0.05) is 57.2 Å². The number of thioether (sulfide) groups is 1. The fraction of sp³-hybridized carbons (Fsp3) is 0.216. The van der Waals surface area contributed by atoms with E-state index < -0.39 is 0 Å². The largest absolute Gasteiger partial charge is 0.355 e. The number of halogens is 1. The molecule has 45 heavy (non-hydrogen) atoms. The van der Waals surface area contributed by atoms with Gasteiger partial charge in [-0.15, -0.1) is 0 Å². The second kappa shape index (κ2) is 14.7. The minimum absolute atomic E-state index is 0.0706. The minimum atomic E-state index is 0.0706. The molecular formula is C37H36ClN5OS. The molecule has 228 valence electrons. The summed E-state index contributed by atoms with van der Waals surface area (Å²) in [5.74, 6) is 1.47. The zero-order valence-electron chi connectivity index (χ0n) is 25.3. The lowest BCUT2D eigenvalue weighted by Gasteiger charge is -2.39. The van der Waals surface area contributed by atoms with Gasteiger partial charge < -0.3 is 9.80 Å². The lowest BCUT2D eigenvalue weighted by Crippen LogP contribution is -2.49. The lowest BCUT2D eigenvalue weighted by molar-refractivity contribution is 0.0597. The van der Waals surface area contributed by atoms with Crippen molar-refractivity contribution in [2.75, 3.05) is 38.1 Å². The van der Waals surface area contributed by atoms with E-state index in [-0.39, 0.29) is 11.9 Å². The average molecular weight is 634 g/mol. The van der Waals surface area contributed by atoms with Gasteiger partial charge in [-0.25, -0.2) is 9.97 Å². The normalized spacial score (nSPS) is 13.6. The molecule has 1 saturated heterocycles. The zero-order valence-corrected chi connectivity index (χ0v) is 26.9. The Morgan fingerprint density at radius 2 is 1.38 bits per heavy atom. The summed E-state index contributed by atoms with van der Waals surface area (Å²) >= 11 is 7.90. The van der Waals surface area contributed by atoms with Crippen LogP contribution < -0.4 is 4.90 Å². The van der Waals surface area contributed by atoms with Gasteiger partial charge in [-0.1, -0.05) is 126 Å². The highest BCUT2D eigenvalue weighted by molar-refractivity contribution is 7.98. The van der Waals surface area contributed by atoms with Gasteiger partial charge in [0.05, 0.1) is 6.04 Å². The number of carbonyl (C=O) groups is 1. The molecule has 1 amide bonds. The van der Waals surface area contributed by atoms with Crippen LogP contribution in [-0.4, -0.2) is 58.9 Å². The Kier molecular flexibility index (Phi) is 10.1. The summed E-state index contributed by atoms with van der Waals surface area (Å²) in [6.45, 7) is 3.70. The van der Waals surface area contributed by atoms with E-state index in [1.807, 2.05) is 54.4 Å². The molecule has 0 saturated carbocycles.